The van der Waals surface area contributed by atoms with E-state index in [-0.39, 0.29) is 0 Å². The van der Waals surface area contributed by atoms with Crippen LogP contribution in [0.3, 0.4) is 0 Å². The second kappa shape index (κ2) is 3.65. The summed E-state index contributed by atoms with van der Waals surface area (Å²) in [4.78, 5) is 0. The van der Waals surface area contributed by atoms with Gasteiger partial charge in [0, 0.05) is 5.39 Å². The van der Waals surface area contributed by atoms with Gasteiger partial charge in [-0.1, -0.05) is 31.5 Å². The Morgan fingerprint density at radius 1 is 1.23 bits per heavy atom. The van der Waals surface area contributed by atoms with Crippen LogP contribution in [0.4, 0.5) is 0 Å². The Hall–Kier alpha value is -1.24. The van der Waals surface area contributed by atoms with Gasteiger partial charge in [0.05, 0.1) is 6.26 Å². The first-order valence-electron chi connectivity index (χ1n) is 4.66. The summed E-state index contributed by atoms with van der Waals surface area (Å²) < 4.78 is 5.43. The molecule has 1 heteroatoms. The van der Waals surface area contributed by atoms with Gasteiger partial charge in [0.2, 0.25) is 0 Å². The van der Waals surface area contributed by atoms with Crippen LogP contribution in [-0.2, 0) is 6.42 Å². The predicted molar refractivity (Wildman–Crippen MR) is 54.5 cm³/mol. The molecule has 0 aliphatic carbocycles. The van der Waals surface area contributed by atoms with Crippen molar-refractivity contribution in [3.8, 4) is 0 Å². The monoisotopic (exact) mass is 173 g/mol. The number of unbranched alkanes of at least 4 members (excludes halogenated alkanes) is 1. The van der Waals surface area contributed by atoms with E-state index in [4.69, 9.17) is 4.42 Å². The molecule has 1 aromatic heterocycles. The van der Waals surface area contributed by atoms with Crippen LogP contribution in [0.15, 0.2) is 34.9 Å². The van der Waals surface area contributed by atoms with Crippen LogP contribution in [0, 0.1) is 6.92 Å². The van der Waals surface area contributed by atoms with E-state index < -0.39 is 0 Å². The first-order chi connectivity index (χ1) is 6.42. The average molecular weight is 173 g/mol. The Morgan fingerprint density at radius 2 is 2.15 bits per heavy atom. The van der Waals surface area contributed by atoms with Crippen LogP contribution in [-0.4, -0.2) is 0 Å². The summed E-state index contributed by atoms with van der Waals surface area (Å²) >= 11 is 0. The van der Waals surface area contributed by atoms with Crippen molar-refractivity contribution in [1.82, 2.24) is 0 Å². The fraction of sp³-hybridized carbons (Fsp3) is 0.250. The lowest BCUT2D eigenvalue weighted by atomic mass is 10.1. The normalized spacial score (nSPS) is 10.8. The third-order valence-corrected chi connectivity index (χ3v) is 2.26. The Morgan fingerprint density at radius 3 is 3.00 bits per heavy atom. The van der Waals surface area contributed by atoms with Gasteiger partial charge < -0.3 is 4.42 Å². The van der Waals surface area contributed by atoms with Gasteiger partial charge in [-0.2, -0.15) is 0 Å². The molecule has 13 heavy (non-hydrogen) atoms. The summed E-state index contributed by atoms with van der Waals surface area (Å²) in [6, 6.07) is 8.29. The molecule has 1 aromatic carbocycles. The molecule has 0 bridgehead atoms. The number of hydrogen-bond donors (Lipinski definition) is 0. The van der Waals surface area contributed by atoms with Gasteiger partial charge in [0.25, 0.3) is 0 Å². The van der Waals surface area contributed by atoms with Gasteiger partial charge in [-0.25, -0.2) is 0 Å². The third kappa shape index (κ3) is 1.59. The van der Waals surface area contributed by atoms with Crippen molar-refractivity contribution in [2.24, 2.45) is 0 Å². The van der Waals surface area contributed by atoms with Crippen molar-refractivity contribution in [1.29, 1.82) is 0 Å². The van der Waals surface area contributed by atoms with Crippen LogP contribution in [0.25, 0.3) is 11.0 Å². The number of para-hydroxylation sites is 1. The molecule has 2 aromatic rings. The van der Waals surface area contributed by atoms with E-state index in [1.165, 1.54) is 10.9 Å². The van der Waals surface area contributed by atoms with Gasteiger partial charge >= 0.3 is 0 Å². The van der Waals surface area contributed by atoms with Crippen LogP contribution < -0.4 is 0 Å². The molecule has 2 rings (SSSR count). The first kappa shape index (κ1) is 8.36. The topological polar surface area (TPSA) is 13.1 Å². The zero-order valence-corrected chi connectivity index (χ0v) is 7.62. The Kier molecular flexibility index (Phi) is 2.35. The van der Waals surface area contributed by atoms with Crippen molar-refractivity contribution in [2.45, 2.75) is 19.3 Å². The van der Waals surface area contributed by atoms with Crippen LogP contribution in [0.2, 0.25) is 0 Å². The maximum absolute atomic E-state index is 5.43. The minimum absolute atomic E-state index is 0.983. The van der Waals surface area contributed by atoms with Crippen LogP contribution in [0.1, 0.15) is 18.4 Å². The van der Waals surface area contributed by atoms with Crippen molar-refractivity contribution in [3.05, 3.63) is 43.0 Å². The number of aryl methyl sites for hydroxylation is 1. The summed E-state index contributed by atoms with van der Waals surface area (Å²) in [5.41, 5.74) is 2.34. The van der Waals surface area contributed by atoms with Gasteiger partial charge in [0.1, 0.15) is 5.58 Å². The third-order valence-electron chi connectivity index (χ3n) is 2.26. The highest BCUT2D eigenvalue weighted by Crippen LogP contribution is 2.21. The predicted octanol–water partition coefficient (Wildman–Crippen LogP) is 3.59. The van der Waals surface area contributed by atoms with E-state index in [0.29, 0.717) is 0 Å². The molecule has 0 aliphatic heterocycles. The molecule has 1 nitrogen and oxygen atoms in total. The second-order valence-corrected chi connectivity index (χ2v) is 3.21. The van der Waals surface area contributed by atoms with Crippen LogP contribution >= 0.6 is 0 Å². The summed E-state index contributed by atoms with van der Waals surface area (Å²) in [6.07, 6.45) is 4.92. The van der Waals surface area contributed by atoms with Crippen LogP contribution in [0.5, 0.6) is 0 Å². The Labute approximate surface area is 78.4 Å². The molecule has 67 valence electrons. The smallest absolute Gasteiger partial charge is 0.137 e. The summed E-state index contributed by atoms with van der Waals surface area (Å²) in [6.45, 7) is 3.84. The standard InChI is InChI=1S/C12H13O/c1-2-3-5-10-6-4-7-11-8-9-13-12(10)11/h4,6-9H,1-3,5H2. The van der Waals surface area contributed by atoms with E-state index in [9.17, 15) is 0 Å². The van der Waals surface area contributed by atoms with Crippen molar-refractivity contribution < 1.29 is 4.42 Å². The molecular formula is C12H13O. The Balaban J connectivity index is 2.37. The maximum atomic E-state index is 5.43. The molecule has 0 spiro atoms. The number of benzene rings is 1. The minimum Gasteiger partial charge on any atom is -0.464 e. The molecule has 1 heterocycles. The molecule has 0 N–H and O–H groups in total. The molecule has 0 amide bonds. The van der Waals surface area contributed by atoms with E-state index in [0.717, 1.165) is 24.8 Å². The first-order valence-corrected chi connectivity index (χ1v) is 4.66. The molecule has 0 unspecified atom stereocenters. The lowest BCUT2D eigenvalue weighted by Gasteiger charge is -1.99. The van der Waals surface area contributed by atoms with Gasteiger partial charge in [-0.05, 0) is 24.5 Å². The molecule has 1 radical (unpaired) electrons. The number of fused-ring (bicyclic) bond motifs is 1. The fourth-order valence-electron chi connectivity index (χ4n) is 1.57. The number of furan rings is 1. The number of hydrogen-bond acceptors (Lipinski definition) is 1. The zero-order valence-electron chi connectivity index (χ0n) is 7.62. The Bertz CT molecular complexity index is 387. The summed E-state index contributed by atoms with van der Waals surface area (Å²) in [5, 5.41) is 1.20. The van der Waals surface area contributed by atoms with E-state index in [1.807, 2.05) is 6.07 Å². The maximum Gasteiger partial charge on any atom is 0.137 e. The highest BCUT2D eigenvalue weighted by Gasteiger charge is 2.02. The van der Waals surface area contributed by atoms with Crippen molar-refractivity contribution in [3.63, 3.8) is 0 Å². The van der Waals surface area contributed by atoms with Gasteiger partial charge in [-0.15, -0.1) is 0 Å². The zero-order chi connectivity index (χ0) is 9.10. The lowest BCUT2D eigenvalue weighted by Crippen LogP contribution is -1.84. The van der Waals surface area contributed by atoms with Gasteiger partial charge in [0.15, 0.2) is 0 Å². The SMILES string of the molecule is [CH2]CCCc1cccc2ccoc12. The second-order valence-electron chi connectivity index (χ2n) is 3.21. The quantitative estimate of drug-likeness (QED) is 0.691. The molecule has 0 saturated heterocycles. The molecule has 0 aliphatic rings. The number of rotatable bonds is 3. The highest BCUT2D eigenvalue weighted by atomic mass is 16.3. The van der Waals surface area contributed by atoms with E-state index in [1.54, 1.807) is 6.26 Å². The van der Waals surface area contributed by atoms with Crippen molar-refractivity contribution >= 4 is 11.0 Å². The van der Waals surface area contributed by atoms with E-state index in [2.05, 4.69) is 25.1 Å². The molecule has 0 fully saturated rings. The minimum atomic E-state index is 0.983. The van der Waals surface area contributed by atoms with Gasteiger partial charge in [-0.3, -0.25) is 0 Å². The van der Waals surface area contributed by atoms with Crippen molar-refractivity contribution in [2.75, 3.05) is 0 Å². The molecule has 0 atom stereocenters. The summed E-state index contributed by atoms with van der Waals surface area (Å²) in [7, 11) is 0. The molecule has 0 saturated carbocycles. The van der Waals surface area contributed by atoms with E-state index >= 15 is 0 Å². The lowest BCUT2D eigenvalue weighted by molar-refractivity contribution is 0.609. The average Bonchev–Trinajstić information content (AvgIpc) is 2.62. The molecular weight excluding hydrogens is 160 g/mol. The fourth-order valence-corrected chi connectivity index (χ4v) is 1.57. The highest BCUT2D eigenvalue weighted by molar-refractivity contribution is 5.80. The summed E-state index contributed by atoms with van der Waals surface area (Å²) in [5.74, 6) is 0. The largest absolute Gasteiger partial charge is 0.464 e.